The first kappa shape index (κ1) is 39.1. The van der Waals surface area contributed by atoms with E-state index in [0.717, 1.165) is 44.9 Å². The quantitative estimate of drug-likeness (QED) is 0.189. The molecule has 3 heterocycles. The molecule has 0 unspecified atom stereocenters. The van der Waals surface area contributed by atoms with Crippen LogP contribution in [-0.4, -0.2) is 83.6 Å². The summed E-state index contributed by atoms with van der Waals surface area (Å²) < 4.78 is 6.06. The lowest BCUT2D eigenvalue weighted by Gasteiger charge is -2.37. The van der Waals surface area contributed by atoms with Gasteiger partial charge in [0.2, 0.25) is 17.6 Å². The molecule has 274 valence electrons. The number of allylic oxidation sites excluding steroid dienone is 1. The first-order valence-electron chi connectivity index (χ1n) is 19.0. The van der Waals surface area contributed by atoms with E-state index in [4.69, 9.17) is 4.74 Å². The van der Waals surface area contributed by atoms with Gasteiger partial charge in [-0.15, -0.1) is 6.58 Å². The standard InChI is InChI=1S/C40H62N2O7/c1-7-8-17-32(44)37(47)27-16-12-10-9-11-15-20-49-26-28(38(48)42-25-31-35(40(31,5)6)36(42)33(45)22-27)21-30(43)23-29(39(2,3)4)24-41-19-14-13-18-34(41)46/h7,27-29,31,35-36H,1,8-26H2,2-6H3/t27-,28+,29-,31+,35+,36-/m1/s1. The van der Waals surface area contributed by atoms with E-state index < -0.39 is 29.4 Å². The van der Waals surface area contributed by atoms with Crippen molar-refractivity contribution in [3.8, 4) is 0 Å². The summed E-state index contributed by atoms with van der Waals surface area (Å²) in [6.45, 7) is 16.5. The lowest BCUT2D eigenvalue weighted by molar-refractivity contribution is -0.147. The van der Waals surface area contributed by atoms with Crippen LogP contribution in [0.25, 0.3) is 0 Å². The predicted octanol–water partition coefficient (Wildman–Crippen LogP) is 6.16. The summed E-state index contributed by atoms with van der Waals surface area (Å²) in [5, 5.41) is 0. The van der Waals surface area contributed by atoms with Crippen molar-refractivity contribution in [3.05, 3.63) is 12.7 Å². The second-order valence-corrected chi connectivity index (χ2v) is 17.0. The van der Waals surface area contributed by atoms with Gasteiger partial charge in [-0.1, -0.05) is 66.4 Å². The number of rotatable bonds is 11. The SMILES string of the molecule is C=CCCC(=O)C(=O)[C@@H]1CCCCCCCOC[C@H](CC(=O)C[C@H](CN2CCCCC2=O)C(C)(C)C)C(=O)N2C[C@H]3[C@@H]([C@H]2C(=O)C1)C3(C)C. The molecular weight excluding hydrogens is 620 g/mol. The molecule has 0 aromatic carbocycles. The maximum atomic E-state index is 14.4. The molecule has 6 atom stereocenters. The normalized spacial score (nSPS) is 29.2. The fourth-order valence-electron chi connectivity index (χ4n) is 8.56. The number of nitrogens with zero attached hydrogens (tertiary/aromatic N) is 2. The van der Waals surface area contributed by atoms with Gasteiger partial charge in [0.1, 0.15) is 5.78 Å². The minimum absolute atomic E-state index is 0.0142. The number of likely N-dealkylation sites (tertiary alicyclic amines) is 1. The van der Waals surface area contributed by atoms with Crippen molar-refractivity contribution in [2.75, 3.05) is 32.8 Å². The number of fused-ring (bicyclic) bond motifs is 3. The largest absolute Gasteiger partial charge is 0.381 e. The smallest absolute Gasteiger partial charge is 0.229 e. The average Bonchev–Trinajstić information content (AvgIpc) is 3.35. The minimum atomic E-state index is -0.716. The van der Waals surface area contributed by atoms with Gasteiger partial charge in [-0.3, -0.25) is 28.8 Å². The van der Waals surface area contributed by atoms with Gasteiger partial charge in [-0.25, -0.2) is 0 Å². The van der Waals surface area contributed by atoms with Crippen LogP contribution in [0.3, 0.4) is 0 Å². The van der Waals surface area contributed by atoms with E-state index in [9.17, 15) is 28.8 Å². The number of amides is 2. The van der Waals surface area contributed by atoms with E-state index in [1.165, 1.54) is 0 Å². The summed E-state index contributed by atoms with van der Waals surface area (Å²) in [6, 6.07) is -0.677. The first-order valence-corrected chi connectivity index (χ1v) is 19.0. The van der Waals surface area contributed by atoms with Crippen molar-refractivity contribution in [1.29, 1.82) is 0 Å². The van der Waals surface area contributed by atoms with E-state index in [1.54, 1.807) is 11.0 Å². The molecule has 4 fully saturated rings. The Bertz CT molecular complexity index is 1250. The Balaban J connectivity index is 1.54. The van der Waals surface area contributed by atoms with Crippen molar-refractivity contribution in [2.24, 2.45) is 40.4 Å². The third kappa shape index (κ3) is 9.98. The van der Waals surface area contributed by atoms with Gasteiger partial charge in [0.25, 0.3) is 0 Å². The highest BCUT2D eigenvalue weighted by Gasteiger charge is 2.69. The summed E-state index contributed by atoms with van der Waals surface area (Å²) in [5.74, 6) is -2.50. The Morgan fingerprint density at radius 1 is 1.02 bits per heavy atom. The Labute approximate surface area is 294 Å². The number of hydrogen-bond donors (Lipinski definition) is 0. The Hall–Kier alpha value is -2.68. The molecule has 9 nitrogen and oxygen atoms in total. The molecule has 2 amide bonds. The molecule has 0 aromatic rings. The first-order chi connectivity index (χ1) is 23.2. The molecule has 1 aliphatic carbocycles. The highest BCUT2D eigenvalue weighted by atomic mass is 16.5. The van der Waals surface area contributed by atoms with Crippen LogP contribution in [0, 0.1) is 40.4 Å². The molecule has 3 saturated heterocycles. The van der Waals surface area contributed by atoms with Crippen LogP contribution in [0.5, 0.6) is 0 Å². The second-order valence-electron chi connectivity index (χ2n) is 17.0. The third-order valence-corrected chi connectivity index (χ3v) is 12.0. The van der Waals surface area contributed by atoms with Gasteiger partial charge in [0.05, 0.1) is 18.6 Å². The molecule has 4 rings (SSSR count). The van der Waals surface area contributed by atoms with E-state index >= 15 is 0 Å². The molecule has 0 radical (unpaired) electrons. The third-order valence-electron chi connectivity index (χ3n) is 12.0. The van der Waals surface area contributed by atoms with Crippen LogP contribution in [0.4, 0.5) is 0 Å². The fraction of sp³-hybridized carbons (Fsp3) is 0.800. The van der Waals surface area contributed by atoms with Crippen LogP contribution >= 0.6 is 0 Å². The van der Waals surface area contributed by atoms with E-state index in [2.05, 4.69) is 41.2 Å². The molecule has 4 aliphatic rings. The summed E-state index contributed by atoms with van der Waals surface area (Å²) >= 11 is 0. The molecule has 49 heavy (non-hydrogen) atoms. The van der Waals surface area contributed by atoms with Gasteiger partial charge < -0.3 is 14.5 Å². The van der Waals surface area contributed by atoms with Crippen LogP contribution in [0.2, 0.25) is 0 Å². The fourth-order valence-corrected chi connectivity index (χ4v) is 8.56. The van der Waals surface area contributed by atoms with Crippen molar-refractivity contribution >= 4 is 34.9 Å². The molecule has 3 aliphatic heterocycles. The van der Waals surface area contributed by atoms with Crippen molar-refractivity contribution in [1.82, 2.24) is 9.80 Å². The van der Waals surface area contributed by atoms with Crippen molar-refractivity contribution in [2.45, 2.75) is 131 Å². The Morgan fingerprint density at radius 3 is 2.43 bits per heavy atom. The van der Waals surface area contributed by atoms with E-state index in [0.29, 0.717) is 45.5 Å². The summed E-state index contributed by atoms with van der Waals surface area (Å²) in [5.41, 5.74) is -0.320. The van der Waals surface area contributed by atoms with Crippen LogP contribution < -0.4 is 0 Å². The number of Topliss-reactive ketones (excluding diaryl/α,β-unsaturated/α-hetero) is 4. The maximum Gasteiger partial charge on any atom is 0.229 e. The van der Waals surface area contributed by atoms with Crippen molar-refractivity contribution < 1.29 is 33.5 Å². The maximum absolute atomic E-state index is 14.4. The van der Waals surface area contributed by atoms with Crippen LogP contribution in [-0.2, 0) is 33.5 Å². The topological polar surface area (TPSA) is 118 Å². The number of ether oxygens (including phenoxy) is 1. The number of piperidine rings is 2. The van der Waals surface area contributed by atoms with Crippen molar-refractivity contribution in [3.63, 3.8) is 0 Å². The molecular formula is C40H62N2O7. The lowest BCUT2D eigenvalue weighted by atomic mass is 9.76. The molecule has 0 N–H and O–H groups in total. The second kappa shape index (κ2) is 17.0. The van der Waals surface area contributed by atoms with Gasteiger partial charge in [0.15, 0.2) is 11.6 Å². The molecule has 0 spiro atoms. The Kier molecular flexibility index (Phi) is 13.6. The lowest BCUT2D eigenvalue weighted by Crippen LogP contribution is -2.49. The van der Waals surface area contributed by atoms with Crippen LogP contribution in [0.1, 0.15) is 125 Å². The average molecular weight is 683 g/mol. The van der Waals surface area contributed by atoms with Gasteiger partial charge in [0, 0.05) is 64.3 Å². The predicted molar refractivity (Wildman–Crippen MR) is 188 cm³/mol. The number of ketones is 4. The van der Waals surface area contributed by atoms with E-state index in [-0.39, 0.29) is 84.3 Å². The number of hydrogen-bond acceptors (Lipinski definition) is 7. The molecule has 0 aromatic heterocycles. The van der Waals surface area contributed by atoms with Gasteiger partial charge >= 0.3 is 0 Å². The van der Waals surface area contributed by atoms with Gasteiger partial charge in [-0.05, 0) is 60.7 Å². The summed E-state index contributed by atoms with van der Waals surface area (Å²) in [4.78, 5) is 84.8. The number of carbonyl (C=O) groups excluding carboxylic acids is 6. The molecule has 9 heteroatoms. The monoisotopic (exact) mass is 682 g/mol. The van der Waals surface area contributed by atoms with E-state index in [1.807, 2.05) is 4.90 Å². The summed E-state index contributed by atoms with van der Waals surface area (Å²) in [7, 11) is 0. The highest BCUT2D eigenvalue weighted by molar-refractivity contribution is 6.38. The summed E-state index contributed by atoms with van der Waals surface area (Å²) in [6.07, 6.45) is 9.66. The Morgan fingerprint density at radius 2 is 1.73 bits per heavy atom. The zero-order chi connectivity index (χ0) is 35.9. The highest BCUT2D eigenvalue weighted by Crippen LogP contribution is 2.65. The minimum Gasteiger partial charge on any atom is -0.381 e. The van der Waals surface area contributed by atoms with Crippen LogP contribution in [0.15, 0.2) is 12.7 Å². The number of carbonyl (C=O) groups is 6. The zero-order valence-corrected chi connectivity index (χ0v) is 30.9. The molecule has 0 bridgehead atoms. The van der Waals surface area contributed by atoms with Gasteiger partial charge in [-0.2, -0.15) is 0 Å². The zero-order valence-electron chi connectivity index (χ0n) is 30.9. The molecule has 1 saturated carbocycles.